The molecule has 204 valence electrons. The second-order valence-electron chi connectivity index (χ2n) is 9.46. The van der Waals surface area contributed by atoms with Crippen LogP contribution in [0.15, 0.2) is 100.0 Å². The second-order valence-corrected chi connectivity index (χ2v) is 9.46. The Morgan fingerprint density at radius 1 is 0.900 bits per heavy atom. The molecule has 0 unspecified atom stereocenters. The Hall–Kier alpha value is -4.83. The van der Waals surface area contributed by atoms with Crippen LogP contribution in [0.2, 0.25) is 0 Å². The van der Waals surface area contributed by atoms with Crippen LogP contribution in [0.25, 0.3) is 16.8 Å². The lowest BCUT2D eigenvalue weighted by Gasteiger charge is -2.36. The van der Waals surface area contributed by atoms with Crippen molar-refractivity contribution in [2.24, 2.45) is 10.2 Å². The molecule has 0 amide bonds. The molecule has 10 heteroatoms. The zero-order valence-electron chi connectivity index (χ0n) is 22.4. The number of piperazine rings is 1. The van der Waals surface area contributed by atoms with E-state index in [9.17, 15) is 14.9 Å². The van der Waals surface area contributed by atoms with Crippen molar-refractivity contribution in [1.29, 1.82) is 0 Å². The molecule has 10 nitrogen and oxygen atoms in total. The second kappa shape index (κ2) is 11.9. The smallest absolute Gasteiger partial charge is 0.269 e. The molecule has 1 aliphatic heterocycles. The third-order valence-electron chi connectivity index (χ3n) is 6.79. The first-order valence-electron chi connectivity index (χ1n) is 13.1. The van der Waals surface area contributed by atoms with E-state index >= 15 is 0 Å². The van der Waals surface area contributed by atoms with E-state index in [2.05, 4.69) is 22.0 Å². The number of benzene rings is 3. The maximum absolute atomic E-state index is 13.8. The molecule has 0 radical (unpaired) electrons. The highest BCUT2D eigenvalue weighted by atomic mass is 16.6. The molecule has 0 spiro atoms. The van der Waals surface area contributed by atoms with Gasteiger partial charge in [0.1, 0.15) is 17.3 Å². The number of hydrogen-bond donors (Lipinski definition) is 0. The molecular weight excluding hydrogens is 508 g/mol. The molecular formula is C30H30N6O4. The zero-order chi connectivity index (χ0) is 28.1. The highest BCUT2D eigenvalue weighted by Gasteiger charge is 2.25. The summed E-state index contributed by atoms with van der Waals surface area (Å²) < 4.78 is 7.31. The van der Waals surface area contributed by atoms with E-state index in [1.54, 1.807) is 22.8 Å². The van der Waals surface area contributed by atoms with Crippen LogP contribution in [0.5, 0.6) is 5.75 Å². The summed E-state index contributed by atoms with van der Waals surface area (Å²) in [6.45, 7) is 5.54. The summed E-state index contributed by atoms with van der Waals surface area (Å²) in [5.41, 5.74) is 2.96. The van der Waals surface area contributed by atoms with Gasteiger partial charge in [-0.3, -0.25) is 19.5 Å². The summed E-state index contributed by atoms with van der Waals surface area (Å²) in [5.74, 6) is 1.39. The number of nitro groups is 1. The van der Waals surface area contributed by atoms with Gasteiger partial charge in [-0.15, -0.1) is 5.11 Å². The number of hydrogen-bond acceptors (Lipinski definition) is 8. The van der Waals surface area contributed by atoms with Gasteiger partial charge in [-0.1, -0.05) is 30.3 Å². The fourth-order valence-electron chi connectivity index (χ4n) is 4.69. The van der Waals surface area contributed by atoms with Gasteiger partial charge in [0.2, 0.25) is 0 Å². The maximum atomic E-state index is 13.8. The van der Waals surface area contributed by atoms with Crippen molar-refractivity contribution in [3.63, 3.8) is 0 Å². The highest BCUT2D eigenvalue weighted by Crippen LogP contribution is 2.40. The molecule has 2 heterocycles. The number of anilines is 1. The van der Waals surface area contributed by atoms with Gasteiger partial charge in [0.15, 0.2) is 0 Å². The van der Waals surface area contributed by atoms with Gasteiger partial charge in [-0.25, -0.2) is 0 Å². The van der Waals surface area contributed by atoms with E-state index in [1.165, 1.54) is 12.1 Å². The van der Waals surface area contributed by atoms with Gasteiger partial charge in [0.05, 0.1) is 22.9 Å². The molecule has 0 N–H and O–H groups in total. The van der Waals surface area contributed by atoms with Gasteiger partial charge in [-0.2, -0.15) is 5.11 Å². The molecule has 1 fully saturated rings. The van der Waals surface area contributed by atoms with Crippen molar-refractivity contribution in [2.45, 2.75) is 6.92 Å². The standard InChI is InChI=1S/C30H30N6O4/c1-3-40-26-15-9-22(10-16-26)27-21-28(37)35(24-7-5-4-6-8-24)30(34-19-17-33(2)18-20-34)29(27)32-31-23-11-13-25(14-12-23)36(38)39/h4-16,21H,3,17-20H2,1-2H3. The zero-order valence-corrected chi connectivity index (χ0v) is 22.4. The fraction of sp³-hybridized carbons (Fsp3) is 0.233. The molecule has 1 aliphatic rings. The van der Waals surface area contributed by atoms with Crippen molar-refractivity contribution in [3.05, 3.63) is 105 Å². The quantitative estimate of drug-likeness (QED) is 0.155. The van der Waals surface area contributed by atoms with Crippen LogP contribution in [0.3, 0.4) is 0 Å². The molecule has 5 rings (SSSR count). The first-order chi connectivity index (χ1) is 19.4. The molecule has 3 aromatic carbocycles. The Labute approximate surface area is 231 Å². The van der Waals surface area contributed by atoms with Crippen LogP contribution in [0, 0.1) is 10.1 Å². The normalized spacial score (nSPS) is 14.0. The number of rotatable bonds is 8. The Bertz CT molecular complexity index is 1560. The van der Waals surface area contributed by atoms with Crippen molar-refractivity contribution in [1.82, 2.24) is 9.47 Å². The van der Waals surface area contributed by atoms with Crippen molar-refractivity contribution in [3.8, 4) is 22.6 Å². The minimum absolute atomic E-state index is 0.0234. The Balaban J connectivity index is 1.73. The third-order valence-corrected chi connectivity index (χ3v) is 6.79. The predicted octanol–water partition coefficient (Wildman–Crippen LogP) is 5.98. The summed E-state index contributed by atoms with van der Waals surface area (Å²) in [4.78, 5) is 28.9. The number of azo groups is 1. The number of para-hydroxylation sites is 1. The monoisotopic (exact) mass is 538 g/mol. The number of pyridine rings is 1. The van der Waals surface area contributed by atoms with Crippen LogP contribution in [-0.4, -0.2) is 54.2 Å². The average molecular weight is 539 g/mol. The lowest BCUT2D eigenvalue weighted by molar-refractivity contribution is -0.384. The maximum Gasteiger partial charge on any atom is 0.269 e. The number of ether oxygens (including phenoxy) is 1. The van der Waals surface area contributed by atoms with Crippen LogP contribution in [0.1, 0.15) is 6.92 Å². The van der Waals surface area contributed by atoms with Crippen LogP contribution >= 0.6 is 0 Å². The fourth-order valence-corrected chi connectivity index (χ4v) is 4.69. The average Bonchev–Trinajstić information content (AvgIpc) is 2.98. The highest BCUT2D eigenvalue weighted by molar-refractivity contribution is 5.84. The lowest BCUT2D eigenvalue weighted by Crippen LogP contribution is -2.46. The van der Waals surface area contributed by atoms with E-state index in [0.29, 0.717) is 42.5 Å². The largest absolute Gasteiger partial charge is 0.494 e. The van der Waals surface area contributed by atoms with E-state index in [1.807, 2.05) is 61.5 Å². The Morgan fingerprint density at radius 2 is 1.57 bits per heavy atom. The number of nitrogens with zero attached hydrogens (tertiary/aromatic N) is 6. The lowest BCUT2D eigenvalue weighted by atomic mass is 10.0. The number of aromatic nitrogens is 1. The van der Waals surface area contributed by atoms with Gasteiger partial charge in [0.25, 0.3) is 11.2 Å². The number of nitro benzene ring substituents is 1. The molecule has 1 aromatic heterocycles. The number of likely N-dealkylation sites (N-methyl/N-ethyl adjacent to an activating group) is 1. The van der Waals surface area contributed by atoms with E-state index in [0.717, 1.165) is 30.1 Å². The van der Waals surface area contributed by atoms with Gasteiger partial charge < -0.3 is 14.5 Å². The summed E-state index contributed by atoms with van der Waals surface area (Å²) in [6.07, 6.45) is 0. The first-order valence-corrected chi connectivity index (χ1v) is 13.1. The summed E-state index contributed by atoms with van der Waals surface area (Å²) >= 11 is 0. The third kappa shape index (κ3) is 5.76. The number of non-ortho nitro benzene ring substituents is 1. The van der Waals surface area contributed by atoms with Gasteiger partial charge in [-0.05, 0) is 55.9 Å². The van der Waals surface area contributed by atoms with Gasteiger partial charge >= 0.3 is 0 Å². The van der Waals surface area contributed by atoms with Crippen LogP contribution < -0.4 is 15.2 Å². The van der Waals surface area contributed by atoms with Crippen molar-refractivity contribution >= 4 is 22.9 Å². The van der Waals surface area contributed by atoms with Crippen LogP contribution in [-0.2, 0) is 0 Å². The molecule has 0 aliphatic carbocycles. The van der Waals surface area contributed by atoms with E-state index in [-0.39, 0.29) is 11.2 Å². The minimum atomic E-state index is -0.452. The molecule has 4 aromatic rings. The Kier molecular flexibility index (Phi) is 7.97. The van der Waals surface area contributed by atoms with Crippen LogP contribution in [0.4, 0.5) is 22.9 Å². The van der Waals surface area contributed by atoms with Gasteiger partial charge in [0, 0.05) is 49.9 Å². The van der Waals surface area contributed by atoms with Crippen molar-refractivity contribution < 1.29 is 9.66 Å². The molecule has 40 heavy (non-hydrogen) atoms. The molecule has 0 atom stereocenters. The SMILES string of the molecule is CCOc1ccc(-c2cc(=O)n(-c3ccccc3)c(N3CCN(C)CC3)c2N=Nc2ccc([N+](=O)[O-])cc2)cc1. The van der Waals surface area contributed by atoms with E-state index in [4.69, 9.17) is 9.85 Å². The first kappa shape index (κ1) is 26.8. The Morgan fingerprint density at radius 3 is 2.20 bits per heavy atom. The summed E-state index contributed by atoms with van der Waals surface area (Å²) in [7, 11) is 2.08. The molecule has 1 saturated heterocycles. The summed E-state index contributed by atoms with van der Waals surface area (Å²) in [6, 6.07) is 24.6. The minimum Gasteiger partial charge on any atom is -0.494 e. The predicted molar refractivity (Wildman–Crippen MR) is 156 cm³/mol. The summed E-state index contributed by atoms with van der Waals surface area (Å²) in [5, 5.41) is 20.3. The van der Waals surface area contributed by atoms with Crippen molar-refractivity contribution in [2.75, 3.05) is 44.7 Å². The topological polar surface area (TPSA) is 106 Å². The molecule has 0 saturated carbocycles. The molecule has 0 bridgehead atoms. The van der Waals surface area contributed by atoms with E-state index < -0.39 is 4.92 Å².